The van der Waals surface area contributed by atoms with Gasteiger partial charge in [0.1, 0.15) is 0 Å². The number of piperazine rings is 1. The van der Waals surface area contributed by atoms with Gasteiger partial charge >= 0.3 is 0 Å². The summed E-state index contributed by atoms with van der Waals surface area (Å²) in [6.07, 6.45) is 5.23. The number of aryl methyl sites for hydroxylation is 2. The number of carbonyl (C=O) groups is 1. The number of carbonyl (C=O) groups excluding carboxylic acids is 1. The van der Waals surface area contributed by atoms with Gasteiger partial charge in [-0.15, -0.1) is 0 Å². The third kappa shape index (κ3) is 5.27. The van der Waals surface area contributed by atoms with Crippen molar-refractivity contribution in [3.63, 3.8) is 0 Å². The van der Waals surface area contributed by atoms with Crippen LogP contribution in [0.25, 0.3) is 0 Å². The van der Waals surface area contributed by atoms with E-state index in [1.54, 1.807) is 0 Å². The Morgan fingerprint density at radius 1 is 1.07 bits per heavy atom. The Labute approximate surface area is 180 Å². The van der Waals surface area contributed by atoms with Crippen molar-refractivity contribution >= 4 is 23.5 Å². The maximum Gasteiger partial charge on any atom is 0.254 e. The predicted molar refractivity (Wildman–Crippen MR) is 125 cm³/mol. The highest BCUT2D eigenvalue weighted by Crippen LogP contribution is 2.26. The van der Waals surface area contributed by atoms with Gasteiger partial charge in [-0.2, -0.15) is 0 Å². The molecule has 0 atom stereocenters. The monoisotopic (exact) mass is 411 g/mol. The molecule has 4 nitrogen and oxygen atoms in total. The van der Waals surface area contributed by atoms with Crippen LogP contribution in [0.2, 0.25) is 0 Å². The summed E-state index contributed by atoms with van der Waals surface area (Å²) in [6, 6.07) is 6.59. The quantitative estimate of drug-likeness (QED) is 0.398. The Morgan fingerprint density at radius 3 is 2.38 bits per heavy atom. The van der Waals surface area contributed by atoms with E-state index in [9.17, 15) is 4.79 Å². The smallest absolute Gasteiger partial charge is 0.254 e. The maximum atomic E-state index is 13.2. The molecule has 0 saturated carbocycles. The Balaban J connectivity index is 1.66. The van der Waals surface area contributed by atoms with Gasteiger partial charge in [-0.05, 0) is 63.5 Å². The fraction of sp³-hybridized carbons (Fsp3) is 0.458. The zero-order valence-electron chi connectivity index (χ0n) is 18.2. The van der Waals surface area contributed by atoms with Gasteiger partial charge < -0.3 is 14.1 Å². The Morgan fingerprint density at radius 2 is 1.79 bits per heavy atom. The van der Waals surface area contributed by atoms with Crippen LogP contribution in [-0.4, -0.2) is 53.6 Å². The molecular formula is C24H33N3OS. The summed E-state index contributed by atoms with van der Waals surface area (Å²) in [6.45, 7) is 16.6. The molecule has 2 fully saturated rings. The van der Waals surface area contributed by atoms with E-state index in [4.69, 9.17) is 0 Å². The van der Waals surface area contributed by atoms with E-state index in [0.717, 1.165) is 38.3 Å². The summed E-state index contributed by atoms with van der Waals surface area (Å²) in [5.41, 5.74) is 6.59. The molecule has 2 heterocycles. The second-order valence-electron chi connectivity index (χ2n) is 8.03. The predicted octanol–water partition coefficient (Wildman–Crippen LogP) is 4.71. The summed E-state index contributed by atoms with van der Waals surface area (Å²) in [5, 5.41) is 0. The zero-order chi connectivity index (χ0) is 21.0. The van der Waals surface area contributed by atoms with Crippen molar-refractivity contribution in [1.82, 2.24) is 9.21 Å². The third-order valence-electron chi connectivity index (χ3n) is 5.59. The average Bonchev–Trinajstić information content (AvgIpc) is 3.23. The molecule has 0 aliphatic carbocycles. The van der Waals surface area contributed by atoms with Crippen molar-refractivity contribution in [2.45, 2.75) is 34.1 Å². The van der Waals surface area contributed by atoms with Crippen LogP contribution in [0.3, 0.4) is 0 Å². The minimum atomic E-state index is 0.0934. The summed E-state index contributed by atoms with van der Waals surface area (Å²) in [4.78, 5) is 17.5. The number of hydrogen-bond acceptors (Lipinski definition) is 4. The minimum Gasteiger partial charge on any atom is -0.368 e. The standard InChI is InChI=1S/C24H33N3OS/c1-18(2)22(9-8-21(5)27-11-6-16-29-27)24(28)26-14-12-25(13-15-26)23-10-7-19(3)17-20(23)4/h7-10,17H,1,6,11-16H2,2-5H3/b21-8+,22-9+. The lowest BCUT2D eigenvalue weighted by Crippen LogP contribution is -2.49. The molecule has 2 saturated heterocycles. The van der Waals surface area contributed by atoms with Crippen LogP contribution in [0.1, 0.15) is 31.4 Å². The minimum absolute atomic E-state index is 0.0934. The molecule has 2 aliphatic rings. The summed E-state index contributed by atoms with van der Waals surface area (Å²) in [5.74, 6) is 1.27. The molecule has 1 aromatic rings. The number of benzene rings is 1. The van der Waals surface area contributed by atoms with E-state index in [-0.39, 0.29) is 5.91 Å². The van der Waals surface area contributed by atoms with Gasteiger partial charge in [-0.1, -0.05) is 36.2 Å². The van der Waals surface area contributed by atoms with Crippen LogP contribution >= 0.6 is 11.9 Å². The second-order valence-corrected chi connectivity index (χ2v) is 9.13. The second kappa shape index (κ2) is 9.57. The van der Waals surface area contributed by atoms with Crippen LogP contribution in [-0.2, 0) is 4.79 Å². The van der Waals surface area contributed by atoms with Crippen LogP contribution in [0.5, 0.6) is 0 Å². The molecule has 0 N–H and O–H groups in total. The van der Waals surface area contributed by atoms with Gasteiger partial charge in [0.2, 0.25) is 0 Å². The molecule has 1 aromatic carbocycles. The highest BCUT2D eigenvalue weighted by molar-refractivity contribution is 7.97. The number of amides is 1. The number of allylic oxidation sites excluding steroid dienone is 3. The lowest BCUT2D eigenvalue weighted by Gasteiger charge is -2.37. The van der Waals surface area contributed by atoms with E-state index in [1.165, 1.54) is 34.7 Å². The largest absolute Gasteiger partial charge is 0.368 e. The molecule has 2 aliphatic heterocycles. The van der Waals surface area contributed by atoms with Crippen molar-refractivity contribution in [1.29, 1.82) is 0 Å². The summed E-state index contributed by atoms with van der Waals surface area (Å²) >= 11 is 1.86. The maximum absolute atomic E-state index is 13.2. The van der Waals surface area contributed by atoms with Crippen LogP contribution in [0.15, 0.2) is 53.8 Å². The topological polar surface area (TPSA) is 26.8 Å². The molecule has 0 bridgehead atoms. The number of nitrogens with zero attached hydrogens (tertiary/aromatic N) is 3. The number of hydrogen-bond donors (Lipinski definition) is 0. The van der Waals surface area contributed by atoms with E-state index in [1.807, 2.05) is 29.8 Å². The molecule has 5 heteroatoms. The van der Waals surface area contributed by atoms with E-state index >= 15 is 0 Å². The van der Waals surface area contributed by atoms with Gasteiger partial charge in [0.15, 0.2) is 0 Å². The van der Waals surface area contributed by atoms with Crippen LogP contribution < -0.4 is 4.90 Å². The first-order valence-corrected chi connectivity index (χ1v) is 11.4. The third-order valence-corrected chi connectivity index (χ3v) is 6.84. The van der Waals surface area contributed by atoms with Gasteiger partial charge in [-0.25, -0.2) is 0 Å². The number of anilines is 1. The molecule has 0 spiro atoms. The molecule has 1 amide bonds. The van der Waals surface area contributed by atoms with E-state index in [2.05, 4.69) is 60.8 Å². The normalized spacial score (nSPS) is 18.4. The molecule has 0 aromatic heterocycles. The van der Waals surface area contributed by atoms with Crippen molar-refractivity contribution in [3.05, 3.63) is 64.9 Å². The molecule has 3 rings (SSSR count). The lowest BCUT2D eigenvalue weighted by molar-refractivity contribution is -0.127. The van der Waals surface area contributed by atoms with Crippen molar-refractivity contribution < 1.29 is 4.79 Å². The van der Waals surface area contributed by atoms with Gasteiger partial charge in [0, 0.05) is 55.4 Å². The average molecular weight is 412 g/mol. The first-order chi connectivity index (χ1) is 13.9. The molecule has 0 radical (unpaired) electrons. The summed E-state index contributed by atoms with van der Waals surface area (Å²) < 4.78 is 2.31. The van der Waals surface area contributed by atoms with Crippen molar-refractivity contribution in [2.24, 2.45) is 0 Å². The Kier molecular flexibility index (Phi) is 7.12. The first kappa shape index (κ1) is 21.6. The fourth-order valence-corrected chi connectivity index (χ4v) is 4.89. The van der Waals surface area contributed by atoms with Crippen LogP contribution in [0.4, 0.5) is 5.69 Å². The Bertz CT molecular complexity index is 829. The van der Waals surface area contributed by atoms with Crippen LogP contribution in [0, 0.1) is 13.8 Å². The SMILES string of the molecule is C=C(C)/C(=C\C=C(/C)N1CCCS1)C(=O)N1CCN(c2ccc(C)cc2C)CC1. The number of rotatable bonds is 5. The molecule has 29 heavy (non-hydrogen) atoms. The van der Waals surface area contributed by atoms with Gasteiger partial charge in [-0.3, -0.25) is 4.79 Å². The summed E-state index contributed by atoms with van der Waals surface area (Å²) in [7, 11) is 0. The fourth-order valence-electron chi connectivity index (χ4n) is 3.89. The molecule has 0 unspecified atom stereocenters. The Hall–Kier alpha value is -2.14. The van der Waals surface area contributed by atoms with Crippen molar-refractivity contribution in [3.8, 4) is 0 Å². The van der Waals surface area contributed by atoms with Crippen molar-refractivity contribution in [2.75, 3.05) is 43.4 Å². The van der Waals surface area contributed by atoms with Gasteiger partial charge in [0.05, 0.1) is 0 Å². The highest BCUT2D eigenvalue weighted by Gasteiger charge is 2.24. The zero-order valence-corrected chi connectivity index (χ0v) is 19.0. The molecular weight excluding hydrogens is 378 g/mol. The van der Waals surface area contributed by atoms with E-state index < -0.39 is 0 Å². The van der Waals surface area contributed by atoms with Gasteiger partial charge in [0.25, 0.3) is 5.91 Å². The highest BCUT2D eigenvalue weighted by atomic mass is 32.2. The lowest BCUT2D eigenvalue weighted by atomic mass is 10.1. The first-order valence-electron chi connectivity index (χ1n) is 10.4. The van der Waals surface area contributed by atoms with E-state index in [0.29, 0.717) is 5.57 Å². The molecule has 156 valence electrons.